The summed E-state index contributed by atoms with van der Waals surface area (Å²) in [5, 5.41) is 10.2. The average Bonchev–Trinajstić information content (AvgIpc) is 2.87. The first-order valence-electron chi connectivity index (χ1n) is 12.8. The summed E-state index contributed by atoms with van der Waals surface area (Å²) >= 11 is 0. The average molecular weight is 546 g/mol. The number of benzene rings is 1. The van der Waals surface area contributed by atoms with E-state index >= 15 is 0 Å². The molecule has 0 aliphatic heterocycles. The van der Waals surface area contributed by atoms with Crippen LogP contribution in [0.3, 0.4) is 0 Å². The van der Waals surface area contributed by atoms with Crippen molar-refractivity contribution in [1.82, 2.24) is 15.1 Å². The lowest BCUT2D eigenvalue weighted by Gasteiger charge is -2.35. The molecule has 0 heterocycles. The van der Waals surface area contributed by atoms with E-state index in [-0.39, 0.29) is 37.1 Å². The van der Waals surface area contributed by atoms with Gasteiger partial charge in [-0.1, -0.05) is 44.5 Å². The minimum absolute atomic E-state index is 0.0803. The monoisotopic (exact) mass is 545 g/mol. The van der Waals surface area contributed by atoms with Gasteiger partial charge in [0.05, 0.1) is 0 Å². The third-order valence-corrected chi connectivity index (χ3v) is 6.56. The number of carbonyl (C=O) groups is 4. The number of nitrogen functional groups attached to an aromatic ring is 1. The summed E-state index contributed by atoms with van der Waals surface area (Å²) in [6, 6.07) is 4.77. The van der Waals surface area contributed by atoms with E-state index in [0.29, 0.717) is 24.0 Å². The lowest BCUT2D eigenvalue weighted by atomic mass is 9.92. The standard InChI is InChI=1S/C26H43N9O4/c1-6-15(2)20(23(37)33-19(22(29)36)8-7-13-32-26(30)31)35(5)25(39)18(24(38)34(3)4)14-16-9-11-17(12-10-16)21(27)28/h9-12,15,18-20H,6-8,13-14H2,1-5H3,(H3,27,28)(H2,29,36)(H,33,37)(H4,30,31,32)/t15?,18?,19-,20-/m0/s1. The zero-order valence-electron chi connectivity index (χ0n) is 23.4. The molecule has 1 aromatic carbocycles. The maximum absolute atomic E-state index is 13.7. The normalized spacial score (nSPS) is 13.8. The third kappa shape index (κ3) is 9.91. The summed E-state index contributed by atoms with van der Waals surface area (Å²) < 4.78 is 0. The van der Waals surface area contributed by atoms with Crippen LogP contribution in [0.1, 0.15) is 44.2 Å². The smallest absolute Gasteiger partial charge is 0.243 e. The number of aliphatic imine (C=N–C) groups is 1. The number of hydrogen-bond acceptors (Lipinski definition) is 6. The third-order valence-electron chi connectivity index (χ3n) is 6.56. The molecule has 2 unspecified atom stereocenters. The summed E-state index contributed by atoms with van der Waals surface area (Å²) in [6.07, 6.45) is 1.25. The van der Waals surface area contributed by atoms with E-state index in [0.717, 1.165) is 0 Å². The van der Waals surface area contributed by atoms with Gasteiger partial charge in [-0.25, -0.2) is 0 Å². The molecule has 0 saturated heterocycles. The fraction of sp³-hybridized carbons (Fsp3) is 0.538. The van der Waals surface area contributed by atoms with Gasteiger partial charge < -0.3 is 38.1 Å². The number of nitrogens with one attached hydrogen (secondary N) is 2. The van der Waals surface area contributed by atoms with Crippen molar-refractivity contribution in [3.8, 4) is 0 Å². The van der Waals surface area contributed by atoms with Gasteiger partial charge in [-0.15, -0.1) is 0 Å². The summed E-state index contributed by atoms with van der Waals surface area (Å²) in [5.74, 6) is -3.78. The highest BCUT2D eigenvalue weighted by molar-refractivity contribution is 6.02. The Bertz CT molecular complexity index is 1050. The zero-order valence-corrected chi connectivity index (χ0v) is 23.4. The maximum atomic E-state index is 13.7. The van der Waals surface area contributed by atoms with E-state index in [1.54, 1.807) is 38.4 Å². The van der Waals surface area contributed by atoms with Crippen LogP contribution in [0.15, 0.2) is 29.3 Å². The van der Waals surface area contributed by atoms with Gasteiger partial charge in [0.2, 0.25) is 23.6 Å². The molecule has 0 aliphatic rings. The molecule has 0 aliphatic carbocycles. The van der Waals surface area contributed by atoms with Crippen molar-refractivity contribution in [3.63, 3.8) is 0 Å². The molecule has 1 aromatic rings. The zero-order chi connectivity index (χ0) is 29.9. The summed E-state index contributed by atoms with van der Waals surface area (Å²) in [6.45, 7) is 3.95. The quantitative estimate of drug-likeness (QED) is 0.0704. The van der Waals surface area contributed by atoms with Crippen molar-refractivity contribution in [2.24, 2.45) is 39.8 Å². The minimum atomic E-state index is -1.10. The molecule has 10 N–H and O–H groups in total. The first kappa shape index (κ1) is 32.9. The summed E-state index contributed by atoms with van der Waals surface area (Å²) in [7, 11) is 4.59. The number of likely N-dealkylation sites (N-methyl/N-ethyl adjacent to an activating group) is 1. The fourth-order valence-corrected chi connectivity index (χ4v) is 4.12. The van der Waals surface area contributed by atoms with Crippen LogP contribution in [-0.4, -0.2) is 85.0 Å². The van der Waals surface area contributed by atoms with E-state index in [1.165, 1.54) is 16.8 Å². The van der Waals surface area contributed by atoms with Crippen LogP contribution in [0.5, 0.6) is 0 Å². The van der Waals surface area contributed by atoms with Crippen LogP contribution in [0.25, 0.3) is 0 Å². The number of nitrogens with zero attached hydrogens (tertiary/aromatic N) is 3. The van der Waals surface area contributed by atoms with Crippen LogP contribution in [0.4, 0.5) is 0 Å². The van der Waals surface area contributed by atoms with Gasteiger partial charge in [-0.05, 0) is 30.7 Å². The van der Waals surface area contributed by atoms with Crippen LogP contribution in [0, 0.1) is 17.2 Å². The van der Waals surface area contributed by atoms with Crippen molar-refractivity contribution < 1.29 is 19.2 Å². The van der Waals surface area contributed by atoms with Gasteiger partial charge in [-0.2, -0.15) is 0 Å². The second kappa shape index (κ2) is 15.3. The Labute approximate surface area is 229 Å². The first-order valence-corrected chi connectivity index (χ1v) is 12.8. The molecule has 13 nitrogen and oxygen atoms in total. The maximum Gasteiger partial charge on any atom is 0.243 e. The van der Waals surface area contributed by atoms with Gasteiger partial charge in [0.15, 0.2) is 5.96 Å². The molecule has 0 bridgehead atoms. The van der Waals surface area contributed by atoms with Crippen molar-refractivity contribution >= 4 is 35.4 Å². The predicted molar refractivity (Wildman–Crippen MR) is 150 cm³/mol. The van der Waals surface area contributed by atoms with Crippen LogP contribution in [-0.2, 0) is 25.6 Å². The van der Waals surface area contributed by atoms with E-state index in [2.05, 4.69) is 10.3 Å². The second-order valence-corrected chi connectivity index (χ2v) is 9.79. The predicted octanol–water partition coefficient (Wildman–Crippen LogP) is -0.886. The molecule has 0 spiro atoms. The Morgan fingerprint density at radius 1 is 1.00 bits per heavy atom. The van der Waals surface area contributed by atoms with E-state index < -0.39 is 41.6 Å². The Balaban J connectivity index is 3.22. The molecule has 0 radical (unpaired) electrons. The Hall–Kier alpha value is -4.16. The van der Waals surface area contributed by atoms with Gasteiger partial charge in [-0.3, -0.25) is 29.6 Å². The number of hydrogen-bond donors (Lipinski definition) is 6. The number of primary amides is 1. The Morgan fingerprint density at radius 2 is 1.59 bits per heavy atom. The number of carbonyl (C=O) groups excluding carboxylic acids is 4. The van der Waals surface area contributed by atoms with Gasteiger partial charge in [0.25, 0.3) is 0 Å². The number of rotatable bonds is 15. The lowest BCUT2D eigenvalue weighted by Crippen LogP contribution is -2.57. The van der Waals surface area contributed by atoms with Crippen molar-refractivity contribution in [2.75, 3.05) is 27.7 Å². The largest absolute Gasteiger partial charge is 0.384 e. The number of amidine groups is 1. The molecule has 0 aromatic heterocycles. The van der Waals surface area contributed by atoms with Crippen molar-refractivity contribution in [2.45, 2.75) is 51.6 Å². The number of guanidine groups is 1. The van der Waals surface area contributed by atoms with Gasteiger partial charge >= 0.3 is 0 Å². The molecule has 0 fully saturated rings. The summed E-state index contributed by atoms with van der Waals surface area (Å²) in [5.41, 5.74) is 22.9. The highest BCUT2D eigenvalue weighted by Gasteiger charge is 2.38. The highest BCUT2D eigenvalue weighted by Crippen LogP contribution is 2.21. The molecule has 13 heteroatoms. The fourth-order valence-electron chi connectivity index (χ4n) is 4.12. The SMILES string of the molecule is CCC(C)[C@@H](C(=O)N[C@@H](CCCN=C(N)N)C(N)=O)N(C)C(=O)C(Cc1ccc(C(=N)N)cc1)C(=O)N(C)C. The van der Waals surface area contributed by atoms with Crippen LogP contribution >= 0.6 is 0 Å². The van der Waals surface area contributed by atoms with Crippen molar-refractivity contribution in [1.29, 1.82) is 5.41 Å². The molecule has 0 saturated carbocycles. The van der Waals surface area contributed by atoms with E-state index in [9.17, 15) is 19.2 Å². The molecule has 39 heavy (non-hydrogen) atoms. The number of nitrogens with two attached hydrogens (primary N) is 4. The van der Waals surface area contributed by atoms with Crippen LogP contribution in [0.2, 0.25) is 0 Å². The molecular weight excluding hydrogens is 502 g/mol. The number of amides is 4. The van der Waals surface area contributed by atoms with Crippen LogP contribution < -0.4 is 28.3 Å². The minimum Gasteiger partial charge on any atom is -0.384 e. The second-order valence-electron chi connectivity index (χ2n) is 9.79. The van der Waals surface area contributed by atoms with E-state index in [1.807, 2.05) is 13.8 Å². The molecular formula is C26H43N9O4. The molecule has 216 valence electrons. The highest BCUT2D eigenvalue weighted by atomic mass is 16.2. The summed E-state index contributed by atoms with van der Waals surface area (Å²) in [4.78, 5) is 58.8. The molecule has 1 rings (SSSR count). The molecule has 4 amide bonds. The Kier molecular flexibility index (Phi) is 12.9. The van der Waals surface area contributed by atoms with E-state index in [4.69, 9.17) is 28.3 Å². The Morgan fingerprint density at radius 3 is 2.05 bits per heavy atom. The van der Waals surface area contributed by atoms with Gasteiger partial charge in [0, 0.05) is 33.3 Å². The van der Waals surface area contributed by atoms with Crippen molar-refractivity contribution in [3.05, 3.63) is 35.4 Å². The lowest BCUT2D eigenvalue weighted by molar-refractivity contribution is -0.150. The molecule has 4 atom stereocenters. The van der Waals surface area contributed by atoms with Gasteiger partial charge in [0.1, 0.15) is 23.8 Å². The topological polar surface area (TPSA) is 227 Å². The first-order chi connectivity index (χ1) is 18.2.